The average molecular weight is 237 g/mol. The molecule has 0 aliphatic rings. The third-order valence-electron chi connectivity index (χ3n) is 2.75. The van der Waals surface area contributed by atoms with E-state index in [1.165, 1.54) is 4.57 Å². The molecular weight excluding hydrogens is 224 g/mol. The Bertz CT molecular complexity index is 602. The van der Waals surface area contributed by atoms with Gasteiger partial charge in [-0.15, -0.1) is 0 Å². The zero-order valence-corrected chi connectivity index (χ0v) is 9.95. The van der Waals surface area contributed by atoms with Crippen LogP contribution in [0.4, 0.5) is 0 Å². The largest absolute Gasteiger partial charge is 0.324 e. The maximum Gasteiger partial charge on any atom is 0.259 e. The van der Waals surface area contributed by atoms with Crippen LogP contribution in [0.3, 0.4) is 0 Å². The summed E-state index contributed by atoms with van der Waals surface area (Å²) in [5.41, 5.74) is 6.72. The Morgan fingerprint density at radius 1 is 1.38 bits per heavy atom. The lowest BCUT2D eigenvalue weighted by atomic mass is 10.0. The van der Waals surface area contributed by atoms with Gasteiger partial charge in [0.05, 0.1) is 0 Å². The van der Waals surface area contributed by atoms with E-state index in [1.807, 2.05) is 19.1 Å². The van der Waals surface area contributed by atoms with E-state index in [4.69, 9.17) is 17.3 Å². The van der Waals surface area contributed by atoms with Gasteiger partial charge in [-0.1, -0.05) is 23.7 Å². The Labute approximate surface area is 98.4 Å². The van der Waals surface area contributed by atoms with Crippen LogP contribution in [-0.4, -0.2) is 4.57 Å². The van der Waals surface area contributed by atoms with Gasteiger partial charge in [0.15, 0.2) is 0 Å². The summed E-state index contributed by atoms with van der Waals surface area (Å²) in [6, 6.07) is 7.22. The Morgan fingerprint density at radius 3 is 2.69 bits per heavy atom. The highest BCUT2D eigenvalue weighted by atomic mass is 35.5. The molecular formula is C12H13ClN2O. The molecule has 1 unspecified atom stereocenters. The number of hydrogen-bond acceptors (Lipinski definition) is 2. The van der Waals surface area contributed by atoms with E-state index < -0.39 is 0 Å². The van der Waals surface area contributed by atoms with Crippen LogP contribution in [0.25, 0.3) is 10.8 Å². The fourth-order valence-corrected chi connectivity index (χ4v) is 2.01. The first-order chi connectivity index (χ1) is 7.52. The second kappa shape index (κ2) is 3.92. The first-order valence-electron chi connectivity index (χ1n) is 5.06. The number of rotatable bonds is 1. The van der Waals surface area contributed by atoms with Crippen molar-refractivity contribution in [3.63, 3.8) is 0 Å². The summed E-state index contributed by atoms with van der Waals surface area (Å²) in [6.07, 6.45) is 0. The molecule has 2 aromatic rings. The smallest absolute Gasteiger partial charge is 0.259 e. The molecule has 1 heterocycles. The molecule has 3 nitrogen and oxygen atoms in total. The highest BCUT2D eigenvalue weighted by Gasteiger charge is 2.10. The van der Waals surface area contributed by atoms with Gasteiger partial charge < -0.3 is 10.3 Å². The Kier molecular flexibility index (Phi) is 2.74. The van der Waals surface area contributed by atoms with Crippen molar-refractivity contribution < 1.29 is 0 Å². The molecule has 0 aliphatic carbocycles. The van der Waals surface area contributed by atoms with Crippen molar-refractivity contribution in [2.24, 2.45) is 12.8 Å². The van der Waals surface area contributed by atoms with Gasteiger partial charge in [0.2, 0.25) is 0 Å². The average Bonchev–Trinajstić information content (AvgIpc) is 2.25. The monoisotopic (exact) mass is 236 g/mol. The molecule has 16 heavy (non-hydrogen) atoms. The summed E-state index contributed by atoms with van der Waals surface area (Å²) < 4.78 is 1.43. The zero-order valence-electron chi connectivity index (χ0n) is 9.20. The first-order valence-corrected chi connectivity index (χ1v) is 5.44. The molecule has 0 saturated heterocycles. The van der Waals surface area contributed by atoms with Gasteiger partial charge in [-0.05, 0) is 30.0 Å². The van der Waals surface area contributed by atoms with Crippen molar-refractivity contribution in [3.8, 4) is 0 Å². The lowest BCUT2D eigenvalue weighted by Gasteiger charge is -2.11. The summed E-state index contributed by atoms with van der Waals surface area (Å²) >= 11 is 5.99. The van der Waals surface area contributed by atoms with Crippen LogP contribution < -0.4 is 11.3 Å². The van der Waals surface area contributed by atoms with Crippen LogP contribution >= 0.6 is 11.6 Å². The van der Waals surface area contributed by atoms with Crippen LogP contribution in [0.2, 0.25) is 5.15 Å². The van der Waals surface area contributed by atoms with Gasteiger partial charge in [0.1, 0.15) is 5.15 Å². The molecule has 4 heteroatoms. The number of nitrogens with zero attached hydrogens (tertiary/aromatic N) is 1. The molecule has 0 aliphatic heterocycles. The summed E-state index contributed by atoms with van der Waals surface area (Å²) in [6.45, 7) is 1.89. The number of halogens is 1. The highest BCUT2D eigenvalue weighted by Crippen LogP contribution is 2.23. The predicted octanol–water partition coefficient (Wildman–Crippen LogP) is 2.21. The molecule has 0 fully saturated rings. The van der Waals surface area contributed by atoms with E-state index in [-0.39, 0.29) is 11.6 Å². The summed E-state index contributed by atoms with van der Waals surface area (Å²) in [7, 11) is 1.66. The van der Waals surface area contributed by atoms with Crippen molar-refractivity contribution >= 4 is 22.4 Å². The van der Waals surface area contributed by atoms with Gasteiger partial charge in [-0.25, -0.2) is 0 Å². The molecule has 1 aromatic heterocycles. The van der Waals surface area contributed by atoms with E-state index in [1.54, 1.807) is 19.2 Å². The molecule has 0 spiro atoms. The number of aromatic nitrogens is 1. The maximum absolute atomic E-state index is 12.0. The zero-order chi connectivity index (χ0) is 11.9. The van der Waals surface area contributed by atoms with E-state index in [9.17, 15) is 4.79 Å². The molecule has 1 atom stereocenters. The lowest BCUT2D eigenvalue weighted by Crippen LogP contribution is -2.18. The van der Waals surface area contributed by atoms with Crippen LogP contribution in [0.1, 0.15) is 18.5 Å². The molecule has 84 valence electrons. The fraction of sp³-hybridized carbons (Fsp3) is 0.250. The maximum atomic E-state index is 12.0. The minimum atomic E-state index is -0.119. The predicted molar refractivity (Wildman–Crippen MR) is 66.8 cm³/mol. The van der Waals surface area contributed by atoms with Crippen molar-refractivity contribution in [3.05, 3.63) is 45.3 Å². The minimum absolute atomic E-state index is 0.0926. The summed E-state index contributed by atoms with van der Waals surface area (Å²) in [4.78, 5) is 12.0. The van der Waals surface area contributed by atoms with E-state index in [2.05, 4.69) is 0 Å². The molecule has 0 bridgehead atoms. The van der Waals surface area contributed by atoms with Gasteiger partial charge in [-0.3, -0.25) is 4.79 Å². The normalized spacial score (nSPS) is 13.0. The van der Waals surface area contributed by atoms with Gasteiger partial charge >= 0.3 is 0 Å². The van der Waals surface area contributed by atoms with Crippen LogP contribution in [0.5, 0.6) is 0 Å². The van der Waals surface area contributed by atoms with Gasteiger partial charge in [0.25, 0.3) is 5.56 Å². The van der Waals surface area contributed by atoms with Gasteiger partial charge in [0, 0.05) is 18.5 Å². The number of hydrogen-bond donors (Lipinski definition) is 1. The lowest BCUT2D eigenvalue weighted by molar-refractivity contribution is 0.823. The SMILES string of the molecule is CC(N)c1cccc2c(=O)n(C)c(Cl)cc12. The number of nitrogens with two attached hydrogens (primary N) is 1. The number of pyridine rings is 1. The third-order valence-corrected chi connectivity index (χ3v) is 3.11. The molecule has 2 N–H and O–H groups in total. The van der Waals surface area contributed by atoms with Gasteiger partial charge in [-0.2, -0.15) is 0 Å². The molecule has 0 saturated carbocycles. The van der Waals surface area contributed by atoms with Crippen LogP contribution in [0, 0.1) is 0 Å². The first kappa shape index (κ1) is 11.2. The topological polar surface area (TPSA) is 48.0 Å². The van der Waals surface area contributed by atoms with E-state index >= 15 is 0 Å². The fourth-order valence-electron chi connectivity index (χ4n) is 1.82. The van der Waals surface area contributed by atoms with E-state index in [0.29, 0.717) is 10.5 Å². The second-order valence-corrected chi connectivity index (χ2v) is 4.32. The molecule has 1 aromatic carbocycles. The third kappa shape index (κ3) is 1.62. The van der Waals surface area contributed by atoms with Crippen molar-refractivity contribution in [2.75, 3.05) is 0 Å². The Morgan fingerprint density at radius 2 is 2.06 bits per heavy atom. The van der Waals surface area contributed by atoms with Crippen molar-refractivity contribution in [1.82, 2.24) is 4.57 Å². The second-order valence-electron chi connectivity index (χ2n) is 3.93. The standard InChI is InChI=1S/C12H13ClN2O/c1-7(14)8-4-3-5-9-10(8)6-11(13)15(2)12(9)16/h3-7H,14H2,1-2H3. The number of fused-ring (bicyclic) bond motifs is 1. The molecule has 0 radical (unpaired) electrons. The Hall–Kier alpha value is -1.32. The molecule has 2 rings (SSSR count). The quantitative estimate of drug-likeness (QED) is 0.772. The highest BCUT2D eigenvalue weighted by molar-refractivity contribution is 6.30. The minimum Gasteiger partial charge on any atom is -0.324 e. The Balaban J connectivity index is 2.95. The van der Waals surface area contributed by atoms with Crippen molar-refractivity contribution in [1.29, 1.82) is 0 Å². The van der Waals surface area contributed by atoms with E-state index in [0.717, 1.165) is 10.9 Å². The van der Waals surface area contributed by atoms with Crippen molar-refractivity contribution in [2.45, 2.75) is 13.0 Å². The number of benzene rings is 1. The molecule has 0 amide bonds. The van der Waals surface area contributed by atoms with Crippen LogP contribution in [-0.2, 0) is 7.05 Å². The summed E-state index contributed by atoms with van der Waals surface area (Å²) in [5.74, 6) is 0. The van der Waals surface area contributed by atoms with Crippen LogP contribution in [0.15, 0.2) is 29.1 Å². The summed E-state index contributed by atoms with van der Waals surface area (Å²) in [5, 5.41) is 1.91.